The summed E-state index contributed by atoms with van der Waals surface area (Å²) in [6.07, 6.45) is 0.206. The van der Waals surface area contributed by atoms with Gasteiger partial charge in [-0.05, 0) is 5.16 Å². The van der Waals surface area contributed by atoms with E-state index in [1.54, 1.807) is 6.07 Å². The lowest BCUT2D eigenvalue weighted by molar-refractivity contribution is 0.0353. The molecule has 0 atom stereocenters. The maximum absolute atomic E-state index is 12.5. The Morgan fingerprint density at radius 2 is 2.13 bits per heavy atom. The zero-order valence-corrected chi connectivity index (χ0v) is 9.29. The largest absolute Gasteiger partial charge is 0.472 e. The molecule has 1 fully saturated rings. The molecule has 0 N–H and O–H groups in total. The van der Waals surface area contributed by atoms with Crippen LogP contribution < -0.4 is 4.74 Å². The highest BCUT2D eigenvalue weighted by Gasteiger charge is 2.31. The molecule has 1 aliphatic rings. The summed E-state index contributed by atoms with van der Waals surface area (Å²) in [7, 11) is 0. The SMILES string of the molecule is CC(C)(C)c1cc(OC2CC(F)C2)no1. The van der Waals surface area contributed by atoms with E-state index in [2.05, 4.69) is 5.16 Å². The summed E-state index contributed by atoms with van der Waals surface area (Å²) >= 11 is 0. The minimum Gasteiger partial charge on any atom is -0.472 e. The van der Waals surface area contributed by atoms with E-state index in [1.165, 1.54) is 0 Å². The molecular weight excluding hydrogens is 197 g/mol. The molecule has 0 spiro atoms. The Labute approximate surface area is 88.6 Å². The number of nitrogens with zero attached hydrogens (tertiary/aromatic N) is 1. The lowest BCUT2D eigenvalue weighted by Crippen LogP contribution is -2.34. The van der Waals surface area contributed by atoms with Crippen LogP contribution in [-0.4, -0.2) is 17.4 Å². The molecule has 2 rings (SSSR count). The average Bonchev–Trinajstić information content (AvgIpc) is 2.49. The molecule has 3 nitrogen and oxygen atoms in total. The van der Waals surface area contributed by atoms with Crippen molar-refractivity contribution in [3.8, 4) is 5.88 Å². The van der Waals surface area contributed by atoms with Gasteiger partial charge >= 0.3 is 0 Å². The van der Waals surface area contributed by atoms with E-state index in [4.69, 9.17) is 9.26 Å². The average molecular weight is 213 g/mol. The van der Waals surface area contributed by atoms with Crippen LogP contribution in [0.2, 0.25) is 0 Å². The highest BCUT2D eigenvalue weighted by Crippen LogP contribution is 2.30. The Hall–Kier alpha value is -1.06. The summed E-state index contributed by atoms with van der Waals surface area (Å²) in [5, 5.41) is 3.81. The van der Waals surface area contributed by atoms with E-state index >= 15 is 0 Å². The molecule has 0 bridgehead atoms. The van der Waals surface area contributed by atoms with E-state index in [9.17, 15) is 4.39 Å². The summed E-state index contributed by atoms with van der Waals surface area (Å²) in [6.45, 7) is 6.12. The van der Waals surface area contributed by atoms with Crippen molar-refractivity contribution in [2.24, 2.45) is 0 Å². The highest BCUT2D eigenvalue weighted by molar-refractivity contribution is 5.17. The second kappa shape index (κ2) is 3.51. The molecule has 4 heteroatoms. The first-order chi connectivity index (χ1) is 6.95. The van der Waals surface area contributed by atoms with Gasteiger partial charge in [0, 0.05) is 24.3 Å². The van der Waals surface area contributed by atoms with Crippen molar-refractivity contribution >= 4 is 0 Å². The molecule has 1 aromatic heterocycles. The number of aromatic nitrogens is 1. The van der Waals surface area contributed by atoms with E-state index in [0.717, 1.165) is 5.76 Å². The van der Waals surface area contributed by atoms with Crippen LogP contribution in [0.25, 0.3) is 0 Å². The van der Waals surface area contributed by atoms with E-state index in [1.807, 2.05) is 20.8 Å². The first-order valence-corrected chi connectivity index (χ1v) is 5.23. The molecule has 0 amide bonds. The molecule has 1 aliphatic carbocycles. The molecule has 0 aliphatic heterocycles. The third-order valence-corrected chi connectivity index (χ3v) is 2.55. The number of hydrogen-bond acceptors (Lipinski definition) is 3. The van der Waals surface area contributed by atoms with Gasteiger partial charge in [-0.2, -0.15) is 0 Å². The molecule has 0 unspecified atom stereocenters. The van der Waals surface area contributed by atoms with Gasteiger partial charge in [0.05, 0.1) is 0 Å². The summed E-state index contributed by atoms with van der Waals surface area (Å²) in [6, 6.07) is 1.78. The Kier molecular flexibility index (Phi) is 2.44. The number of halogens is 1. The van der Waals surface area contributed by atoms with Gasteiger partial charge < -0.3 is 9.26 Å². The Morgan fingerprint density at radius 1 is 1.47 bits per heavy atom. The summed E-state index contributed by atoms with van der Waals surface area (Å²) in [5.74, 6) is 1.26. The maximum atomic E-state index is 12.5. The minimum absolute atomic E-state index is 0.0297. The van der Waals surface area contributed by atoms with E-state index in [0.29, 0.717) is 18.7 Å². The van der Waals surface area contributed by atoms with Gasteiger partial charge in [0.2, 0.25) is 0 Å². The van der Waals surface area contributed by atoms with Crippen molar-refractivity contribution < 1.29 is 13.7 Å². The molecule has 15 heavy (non-hydrogen) atoms. The third-order valence-electron chi connectivity index (χ3n) is 2.55. The monoisotopic (exact) mass is 213 g/mol. The molecule has 1 aromatic rings. The van der Waals surface area contributed by atoms with Crippen molar-refractivity contribution in [3.63, 3.8) is 0 Å². The van der Waals surface area contributed by atoms with Gasteiger partial charge in [0.25, 0.3) is 5.88 Å². The Bertz CT molecular complexity index is 337. The summed E-state index contributed by atoms with van der Waals surface area (Å²) < 4.78 is 23.1. The van der Waals surface area contributed by atoms with Crippen LogP contribution in [0.4, 0.5) is 4.39 Å². The second-order valence-electron chi connectivity index (χ2n) is 5.09. The lowest BCUT2D eigenvalue weighted by atomic mass is 9.93. The normalized spacial score (nSPS) is 26.1. The first kappa shape index (κ1) is 10.5. The molecule has 1 saturated carbocycles. The van der Waals surface area contributed by atoms with Crippen LogP contribution in [0.1, 0.15) is 39.4 Å². The molecule has 84 valence electrons. The van der Waals surface area contributed by atoms with Gasteiger partial charge in [0.15, 0.2) is 0 Å². The molecule has 1 heterocycles. The molecular formula is C11H16FNO2. The van der Waals surface area contributed by atoms with Crippen LogP contribution in [0.5, 0.6) is 5.88 Å². The van der Waals surface area contributed by atoms with Crippen molar-refractivity contribution in [1.82, 2.24) is 5.16 Å². The van der Waals surface area contributed by atoms with Crippen molar-refractivity contribution in [3.05, 3.63) is 11.8 Å². The van der Waals surface area contributed by atoms with Gasteiger partial charge in [-0.3, -0.25) is 0 Å². The van der Waals surface area contributed by atoms with Crippen molar-refractivity contribution in [1.29, 1.82) is 0 Å². The van der Waals surface area contributed by atoms with Gasteiger partial charge in [0.1, 0.15) is 18.0 Å². The first-order valence-electron chi connectivity index (χ1n) is 5.23. The summed E-state index contributed by atoms with van der Waals surface area (Å²) in [5.41, 5.74) is -0.0726. The molecule has 0 radical (unpaired) electrons. The number of alkyl halides is 1. The molecule has 0 aromatic carbocycles. The number of hydrogen-bond donors (Lipinski definition) is 0. The van der Waals surface area contributed by atoms with Gasteiger partial charge in [-0.1, -0.05) is 20.8 Å². The van der Waals surface area contributed by atoms with E-state index in [-0.39, 0.29) is 11.5 Å². The lowest BCUT2D eigenvalue weighted by Gasteiger charge is -2.28. The zero-order valence-electron chi connectivity index (χ0n) is 9.29. The standard InChI is InChI=1S/C11H16FNO2/c1-11(2,3)9-6-10(13-15-9)14-8-4-7(12)5-8/h6-8H,4-5H2,1-3H3. The van der Waals surface area contributed by atoms with Crippen molar-refractivity contribution in [2.75, 3.05) is 0 Å². The van der Waals surface area contributed by atoms with Crippen LogP contribution in [0, 0.1) is 0 Å². The minimum atomic E-state index is -0.705. The van der Waals surface area contributed by atoms with Crippen LogP contribution in [-0.2, 0) is 5.41 Å². The fourth-order valence-corrected chi connectivity index (χ4v) is 1.44. The zero-order chi connectivity index (χ0) is 11.1. The quantitative estimate of drug-likeness (QED) is 0.757. The fourth-order valence-electron chi connectivity index (χ4n) is 1.44. The number of rotatable bonds is 2. The van der Waals surface area contributed by atoms with Crippen LogP contribution in [0.3, 0.4) is 0 Å². The third kappa shape index (κ3) is 2.30. The Balaban J connectivity index is 1.96. The van der Waals surface area contributed by atoms with E-state index < -0.39 is 6.17 Å². The van der Waals surface area contributed by atoms with Gasteiger partial charge in [-0.15, -0.1) is 0 Å². The highest BCUT2D eigenvalue weighted by atomic mass is 19.1. The smallest absolute Gasteiger partial charge is 0.254 e. The number of ether oxygens (including phenoxy) is 1. The van der Waals surface area contributed by atoms with Crippen LogP contribution in [0.15, 0.2) is 10.6 Å². The predicted molar refractivity (Wildman–Crippen MR) is 53.7 cm³/mol. The summed E-state index contributed by atoms with van der Waals surface area (Å²) in [4.78, 5) is 0. The topological polar surface area (TPSA) is 35.3 Å². The maximum Gasteiger partial charge on any atom is 0.254 e. The van der Waals surface area contributed by atoms with Crippen LogP contribution >= 0.6 is 0 Å². The van der Waals surface area contributed by atoms with Gasteiger partial charge in [-0.25, -0.2) is 4.39 Å². The predicted octanol–water partition coefficient (Wildman–Crippen LogP) is 2.85. The second-order valence-corrected chi connectivity index (χ2v) is 5.09. The molecule has 0 saturated heterocycles. The fraction of sp³-hybridized carbons (Fsp3) is 0.727. The Morgan fingerprint density at radius 3 is 2.60 bits per heavy atom. The van der Waals surface area contributed by atoms with Crippen molar-refractivity contribution in [2.45, 2.75) is 51.3 Å².